The zero-order valence-electron chi connectivity index (χ0n) is 8.27. The Morgan fingerprint density at radius 3 is 2.77 bits per heavy atom. The van der Waals surface area contributed by atoms with Gasteiger partial charge in [0.25, 0.3) is 0 Å². The van der Waals surface area contributed by atoms with Crippen LogP contribution in [0.4, 0.5) is 5.82 Å². The molecule has 0 aliphatic heterocycles. The molecule has 0 aliphatic rings. The number of rotatable bonds is 3. The molecule has 0 fully saturated rings. The van der Waals surface area contributed by atoms with Crippen LogP contribution < -0.4 is 0 Å². The van der Waals surface area contributed by atoms with Gasteiger partial charge in [-0.25, -0.2) is 19.7 Å². The van der Waals surface area contributed by atoms with Crippen LogP contribution in [0, 0.1) is 0 Å². The van der Waals surface area contributed by atoms with Crippen molar-refractivity contribution in [2.24, 2.45) is 4.99 Å². The Balaban J connectivity index is 2.85. The average Bonchev–Trinajstić information content (AvgIpc) is 2.46. The first-order valence-corrected chi connectivity index (χ1v) is 6.83. The first-order valence-electron chi connectivity index (χ1n) is 3.91. The van der Waals surface area contributed by atoms with Crippen molar-refractivity contribution in [2.75, 3.05) is 18.8 Å². The van der Waals surface area contributed by atoms with Crippen LogP contribution in [0.15, 0.2) is 23.8 Å². The van der Waals surface area contributed by atoms with Crippen LogP contribution in [0.2, 0.25) is 0 Å². The second-order valence-corrected chi connectivity index (χ2v) is 7.56. The summed E-state index contributed by atoms with van der Waals surface area (Å²) in [4.78, 5) is 4.35. The van der Waals surface area contributed by atoms with E-state index in [1.165, 1.54) is 0 Å². The second kappa shape index (κ2) is 3.79. The maximum Gasteiger partial charge on any atom is 0.155 e. The van der Waals surface area contributed by atoms with Crippen LogP contribution in [0.1, 0.15) is 0 Å². The maximum absolute atomic E-state index is 4.35. The quantitative estimate of drug-likeness (QED) is 0.540. The lowest BCUT2D eigenvalue weighted by Crippen LogP contribution is -1.92. The molecule has 0 saturated heterocycles. The summed E-state index contributed by atoms with van der Waals surface area (Å²) in [5.41, 5.74) is 1.99. The molecule has 1 aromatic heterocycles. The molecule has 1 aromatic rings. The number of hydrogen-bond donors (Lipinski definition) is 0. The van der Waals surface area contributed by atoms with Crippen LogP contribution in [-0.4, -0.2) is 34.1 Å². The fourth-order valence-electron chi connectivity index (χ4n) is 0.762. The van der Waals surface area contributed by atoms with E-state index in [9.17, 15) is 0 Å². The average molecular weight is 197 g/mol. The van der Waals surface area contributed by atoms with Crippen LogP contribution in [0.25, 0.3) is 6.20 Å². The lowest BCUT2D eigenvalue weighted by atomic mass is 10.6. The number of aliphatic imine (C=N–C) groups is 1. The summed E-state index contributed by atoms with van der Waals surface area (Å²) < 4.78 is 1.65. The van der Waals surface area contributed by atoms with E-state index in [2.05, 4.69) is 35.4 Å². The molecule has 0 spiro atoms. The van der Waals surface area contributed by atoms with E-state index in [4.69, 9.17) is 0 Å². The van der Waals surface area contributed by atoms with Crippen LogP contribution in [-0.2, 0) is 0 Å². The summed E-state index contributed by atoms with van der Waals surface area (Å²) in [6, 6.07) is 1.86. The van der Waals surface area contributed by atoms with E-state index in [-0.39, 0.29) is 0 Å². The molecule has 0 N–H and O–H groups in total. The molecular weight excluding hydrogens is 182 g/mol. The van der Waals surface area contributed by atoms with Crippen LogP contribution in [0.3, 0.4) is 0 Å². The van der Waals surface area contributed by atoms with Gasteiger partial charge in [-0.3, -0.25) is 0 Å². The van der Waals surface area contributed by atoms with Crippen molar-refractivity contribution < 1.29 is 0 Å². The van der Waals surface area contributed by atoms with Gasteiger partial charge in [-0.05, 0) is 18.8 Å². The minimum absolute atomic E-state index is 0.692. The van der Waals surface area contributed by atoms with Crippen molar-refractivity contribution in [1.82, 2.24) is 9.78 Å². The topological polar surface area (TPSA) is 30.2 Å². The van der Waals surface area contributed by atoms with Crippen molar-refractivity contribution in [3.63, 3.8) is 0 Å². The molecule has 72 valence electrons. The summed E-state index contributed by atoms with van der Waals surface area (Å²) in [5.74, 6) is 0.831. The predicted octanol–water partition coefficient (Wildman–Crippen LogP) is 2.34. The molecule has 0 aromatic carbocycles. The summed E-state index contributed by atoms with van der Waals surface area (Å²) in [5, 5.41) is 4.03. The van der Waals surface area contributed by atoms with E-state index < -0.39 is 10.0 Å². The lowest BCUT2D eigenvalue weighted by molar-refractivity contribution is 0.936. The second-order valence-electron chi connectivity index (χ2n) is 3.48. The van der Waals surface area contributed by atoms with Gasteiger partial charge in [0.2, 0.25) is 0 Å². The van der Waals surface area contributed by atoms with Gasteiger partial charge in [0.1, 0.15) is 0 Å². The molecule has 0 bridgehead atoms. The van der Waals surface area contributed by atoms with Crippen molar-refractivity contribution in [1.29, 1.82) is 0 Å². The fourth-order valence-corrected chi connectivity index (χ4v) is 1.19. The molecule has 0 aliphatic carbocycles. The summed E-state index contributed by atoms with van der Waals surface area (Å²) in [6.07, 6.45) is 9.92. The molecule has 0 amide bonds. The van der Waals surface area contributed by atoms with E-state index in [0.717, 1.165) is 5.82 Å². The Bertz CT molecular complexity index is 320. The Morgan fingerprint density at radius 1 is 1.54 bits per heavy atom. The standard InChI is InChI=1S/C9H15N3S/c1-5-12-9(6-7-11-12)10-8-13(2,3)4/h5-8H,1H2,2-4H3. The zero-order valence-corrected chi connectivity index (χ0v) is 9.08. The lowest BCUT2D eigenvalue weighted by Gasteiger charge is -2.17. The normalized spacial score (nSPS) is 13.5. The van der Waals surface area contributed by atoms with Crippen LogP contribution in [0.5, 0.6) is 0 Å². The highest BCUT2D eigenvalue weighted by molar-refractivity contribution is 8.42. The molecular formula is C9H15N3S. The SMILES string of the molecule is C=Cn1nccc1N=CS(C)(C)C. The minimum atomic E-state index is -0.692. The maximum atomic E-state index is 4.35. The van der Waals surface area contributed by atoms with Gasteiger partial charge in [0.05, 0.1) is 6.20 Å². The summed E-state index contributed by atoms with van der Waals surface area (Å²) in [6.45, 7) is 3.64. The van der Waals surface area contributed by atoms with Crippen molar-refractivity contribution in [3.8, 4) is 0 Å². The molecule has 4 heteroatoms. The van der Waals surface area contributed by atoms with Crippen molar-refractivity contribution in [2.45, 2.75) is 0 Å². The molecule has 3 nitrogen and oxygen atoms in total. The Morgan fingerprint density at radius 2 is 2.23 bits per heavy atom. The van der Waals surface area contributed by atoms with E-state index in [1.807, 2.05) is 11.6 Å². The summed E-state index contributed by atoms with van der Waals surface area (Å²) >= 11 is 0. The monoisotopic (exact) mass is 197 g/mol. The highest BCUT2D eigenvalue weighted by atomic mass is 32.3. The molecule has 13 heavy (non-hydrogen) atoms. The molecule has 0 radical (unpaired) electrons. The predicted molar refractivity (Wildman–Crippen MR) is 62.1 cm³/mol. The van der Waals surface area contributed by atoms with Gasteiger partial charge >= 0.3 is 0 Å². The first kappa shape index (κ1) is 10.1. The zero-order chi connectivity index (χ0) is 9.90. The third-order valence-electron chi connectivity index (χ3n) is 1.32. The van der Waals surface area contributed by atoms with E-state index in [0.29, 0.717) is 0 Å². The minimum Gasteiger partial charge on any atom is -0.232 e. The third kappa shape index (κ3) is 3.06. The molecule has 1 heterocycles. The molecule has 0 unspecified atom stereocenters. The molecule has 0 atom stereocenters. The van der Waals surface area contributed by atoms with Crippen LogP contribution >= 0.6 is 10.0 Å². The molecule has 0 saturated carbocycles. The smallest absolute Gasteiger partial charge is 0.155 e. The van der Waals surface area contributed by atoms with E-state index >= 15 is 0 Å². The fraction of sp³-hybridized carbons (Fsp3) is 0.333. The van der Waals surface area contributed by atoms with E-state index in [1.54, 1.807) is 17.1 Å². The number of aromatic nitrogens is 2. The van der Waals surface area contributed by atoms with Gasteiger partial charge in [0.15, 0.2) is 5.82 Å². The Labute approximate surface area is 80.5 Å². The summed E-state index contributed by atoms with van der Waals surface area (Å²) in [7, 11) is -0.692. The van der Waals surface area contributed by atoms with Gasteiger partial charge in [0, 0.05) is 17.8 Å². The van der Waals surface area contributed by atoms with Gasteiger partial charge in [-0.2, -0.15) is 5.10 Å². The highest BCUT2D eigenvalue weighted by Gasteiger charge is 2.00. The van der Waals surface area contributed by atoms with Crippen molar-refractivity contribution >= 4 is 27.6 Å². The number of nitrogens with zero attached hydrogens (tertiary/aromatic N) is 3. The van der Waals surface area contributed by atoms with Crippen molar-refractivity contribution in [3.05, 3.63) is 18.8 Å². The third-order valence-corrected chi connectivity index (χ3v) is 2.06. The van der Waals surface area contributed by atoms with Gasteiger partial charge in [-0.1, -0.05) is 6.58 Å². The Kier molecular flexibility index (Phi) is 2.93. The Hall–Kier alpha value is -1.03. The number of hydrogen-bond acceptors (Lipinski definition) is 2. The van der Waals surface area contributed by atoms with Gasteiger partial charge < -0.3 is 0 Å². The van der Waals surface area contributed by atoms with Gasteiger partial charge in [-0.15, -0.1) is 0 Å². The highest BCUT2D eigenvalue weighted by Crippen LogP contribution is 2.31. The largest absolute Gasteiger partial charge is 0.232 e. The molecule has 1 rings (SSSR count). The first-order chi connectivity index (χ1) is 6.03.